The van der Waals surface area contributed by atoms with Gasteiger partial charge in [-0.15, -0.1) is 0 Å². The molecule has 0 aliphatic rings. The molecule has 0 aromatic heterocycles. The molecule has 0 amide bonds. The second-order valence-corrected chi connectivity index (χ2v) is 6.64. The zero-order chi connectivity index (χ0) is 6.62. The van der Waals surface area contributed by atoms with Gasteiger partial charge in [-0.2, -0.15) is 0 Å². The number of rotatable bonds is 3. The third-order valence-electron chi connectivity index (χ3n) is 0.546. The summed E-state index contributed by atoms with van der Waals surface area (Å²) in [5.74, 6) is -0.0644. The standard InChI is InChI=1S/C2H7ClGeO3S/c3-8(6,7)2-1-4-5/h5H,1-2,4H2. The van der Waals surface area contributed by atoms with Crippen LogP contribution < -0.4 is 0 Å². The zero-order valence-electron chi connectivity index (χ0n) is 4.17. The molecule has 50 valence electrons. The van der Waals surface area contributed by atoms with E-state index >= 15 is 0 Å². The van der Waals surface area contributed by atoms with Crippen molar-refractivity contribution >= 4 is 35.5 Å². The Bertz CT molecular complexity index is 141. The molecule has 0 unspecified atom stereocenters. The Morgan fingerprint density at radius 1 is 1.62 bits per heavy atom. The predicted molar refractivity (Wildman–Crippen MR) is 35.2 cm³/mol. The molecule has 0 aliphatic heterocycles. The van der Waals surface area contributed by atoms with Gasteiger partial charge in [-0.25, -0.2) is 0 Å². The molecule has 0 saturated carbocycles. The number of hydrogen-bond donors (Lipinski definition) is 1. The maximum absolute atomic E-state index is 10.1. The van der Waals surface area contributed by atoms with E-state index < -0.39 is 24.8 Å². The summed E-state index contributed by atoms with van der Waals surface area (Å²) in [5, 5.41) is 0.402. The van der Waals surface area contributed by atoms with Crippen LogP contribution in [0.2, 0.25) is 5.25 Å². The summed E-state index contributed by atoms with van der Waals surface area (Å²) in [6, 6.07) is 0. The molecule has 0 spiro atoms. The van der Waals surface area contributed by atoms with Gasteiger partial charge in [0.05, 0.1) is 0 Å². The van der Waals surface area contributed by atoms with Crippen LogP contribution >= 0.6 is 10.7 Å². The molecule has 0 aromatic carbocycles. The molecule has 6 heteroatoms. The van der Waals surface area contributed by atoms with Crippen LogP contribution in [0.3, 0.4) is 0 Å². The number of hydrogen-bond acceptors (Lipinski definition) is 3. The normalized spacial score (nSPS) is 13.2. The summed E-state index contributed by atoms with van der Waals surface area (Å²) in [5.41, 5.74) is 0. The second-order valence-electron chi connectivity index (χ2n) is 1.32. The summed E-state index contributed by atoms with van der Waals surface area (Å²) in [6.07, 6.45) is 0. The van der Waals surface area contributed by atoms with Crippen molar-refractivity contribution < 1.29 is 12.6 Å². The summed E-state index contributed by atoms with van der Waals surface area (Å²) in [6.45, 7) is 0. The van der Waals surface area contributed by atoms with E-state index in [2.05, 4.69) is 0 Å². The Labute approximate surface area is 59.3 Å². The van der Waals surface area contributed by atoms with E-state index in [0.717, 1.165) is 0 Å². The SMILES string of the molecule is O=S(=O)(Cl)C[CH2][GeH2][OH]. The van der Waals surface area contributed by atoms with Crippen LogP contribution in [-0.4, -0.2) is 34.1 Å². The molecule has 1 N–H and O–H groups in total. The molecule has 3 nitrogen and oxygen atoms in total. The van der Waals surface area contributed by atoms with Crippen molar-refractivity contribution in [2.45, 2.75) is 5.25 Å². The van der Waals surface area contributed by atoms with E-state index in [1.54, 1.807) is 0 Å². The van der Waals surface area contributed by atoms with Crippen molar-refractivity contribution in [2.24, 2.45) is 0 Å². The van der Waals surface area contributed by atoms with Gasteiger partial charge in [0, 0.05) is 0 Å². The van der Waals surface area contributed by atoms with Crippen LogP contribution in [0.15, 0.2) is 0 Å². The van der Waals surface area contributed by atoms with E-state index in [9.17, 15) is 8.42 Å². The van der Waals surface area contributed by atoms with Crippen LogP contribution in [0.4, 0.5) is 0 Å². The Morgan fingerprint density at radius 2 is 2.12 bits per heavy atom. The van der Waals surface area contributed by atoms with Gasteiger partial charge in [0.15, 0.2) is 0 Å². The molecular formula is C2H7ClGeO3S. The fraction of sp³-hybridized carbons (Fsp3) is 1.00. The molecule has 0 heterocycles. The van der Waals surface area contributed by atoms with Crippen molar-refractivity contribution in [1.82, 2.24) is 0 Å². The van der Waals surface area contributed by atoms with Crippen molar-refractivity contribution in [3.05, 3.63) is 0 Å². The summed E-state index contributed by atoms with van der Waals surface area (Å²) < 4.78 is 28.4. The Kier molecular flexibility index (Phi) is 4.05. The quantitative estimate of drug-likeness (QED) is 0.492. The van der Waals surface area contributed by atoms with Crippen LogP contribution in [-0.2, 0) is 9.05 Å². The minimum atomic E-state index is -3.33. The van der Waals surface area contributed by atoms with Crippen LogP contribution in [0.25, 0.3) is 0 Å². The molecule has 0 atom stereocenters. The monoisotopic (exact) mass is 220 g/mol. The van der Waals surface area contributed by atoms with Crippen molar-refractivity contribution in [2.75, 3.05) is 5.75 Å². The van der Waals surface area contributed by atoms with E-state index in [-0.39, 0.29) is 5.75 Å². The molecule has 0 fully saturated rings. The minimum absolute atomic E-state index is 0.0644. The first kappa shape index (κ1) is 8.74. The van der Waals surface area contributed by atoms with Gasteiger partial charge in [-0.3, -0.25) is 0 Å². The molecule has 0 aliphatic carbocycles. The van der Waals surface area contributed by atoms with Gasteiger partial charge < -0.3 is 0 Å². The Morgan fingerprint density at radius 3 is 2.25 bits per heavy atom. The van der Waals surface area contributed by atoms with Crippen LogP contribution in [0, 0.1) is 0 Å². The molecule has 0 saturated heterocycles. The van der Waals surface area contributed by atoms with Crippen LogP contribution in [0.5, 0.6) is 0 Å². The third kappa shape index (κ3) is 6.74. The molecule has 0 radical (unpaired) electrons. The number of halogens is 1. The Hall–Kier alpha value is 0.743. The fourth-order valence-corrected chi connectivity index (χ4v) is 5.39. The van der Waals surface area contributed by atoms with Crippen molar-refractivity contribution in [3.8, 4) is 0 Å². The Balaban J connectivity index is 3.42. The van der Waals surface area contributed by atoms with Gasteiger partial charge >= 0.3 is 59.1 Å². The van der Waals surface area contributed by atoms with E-state index in [1.165, 1.54) is 0 Å². The van der Waals surface area contributed by atoms with E-state index in [0.29, 0.717) is 5.25 Å². The predicted octanol–water partition coefficient (Wildman–Crippen LogP) is -0.951. The first-order chi connectivity index (χ1) is 3.56. The topological polar surface area (TPSA) is 54.4 Å². The van der Waals surface area contributed by atoms with Crippen molar-refractivity contribution in [3.63, 3.8) is 0 Å². The van der Waals surface area contributed by atoms with E-state index in [4.69, 9.17) is 14.8 Å². The molecular weight excluding hydrogens is 212 g/mol. The zero-order valence-corrected chi connectivity index (χ0v) is 8.71. The fourth-order valence-electron chi connectivity index (χ4n) is 0.237. The van der Waals surface area contributed by atoms with E-state index in [1.807, 2.05) is 0 Å². The summed E-state index contributed by atoms with van der Waals surface area (Å²) >= 11 is -1.48. The maximum atomic E-state index is 10.1. The van der Waals surface area contributed by atoms with Gasteiger partial charge in [-0.1, -0.05) is 0 Å². The third-order valence-corrected chi connectivity index (χ3v) is 4.27. The molecule has 0 rings (SSSR count). The average molecular weight is 219 g/mol. The van der Waals surface area contributed by atoms with Gasteiger partial charge in [0.1, 0.15) is 0 Å². The van der Waals surface area contributed by atoms with Gasteiger partial charge in [-0.05, 0) is 0 Å². The molecule has 0 bridgehead atoms. The summed E-state index contributed by atoms with van der Waals surface area (Å²) in [7, 11) is 1.48. The average Bonchev–Trinajstić information content (AvgIpc) is 1.59. The molecule has 8 heavy (non-hydrogen) atoms. The summed E-state index contributed by atoms with van der Waals surface area (Å²) in [4.78, 5) is 0. The first-order valence-corrected chi connectivity index (χ1v) is 8.00. The molecule has 0 aromatic rings. The van der Waals surface area contributed by atoms with Crippen LogP contribution in [0.1, 0.15) is 0 Å². The van der Waals surface area contributed by atoms with Gasteiger partial charge in [0.2, 0.25) is 0 Å². The van der Waals surface area contributed by atoms with Gasteiger partial charge in [0.25, 0.3) is 0 Å². The first-order valence-electron chi connectivity index (χ1n) is 2.09. The van der Waals surface area contributed by atoms with Crippen molar-refractivity contribution in [1.29, 1.82) is 0 Å². The second kappa shape index (κ2) is 3.71.